The van der Waals surface area contributed by atoms with Crippen LogP contribution in [0, 0.1) is 0 Å². The van der Waals surface area contributed by atoms with Gasteiger partial charge in [-0.3, -0.25) is 19.2 Å². The summed E-state index contributed by atoms with van der Waals surface area (Å²) < 4.78 is 64.4. The second-order valence-corrected chi connectivity index (χ2v) is 39.2. The topological polar surface area (TPSA) is 337 Å². The minimum atomic E-state index is -0.904. The summed E-state index contributed by atoms with van der Waals surface area (Å²) in [5, 5.41) is 25.9. The normalized spacial score (nSPS) is 11.4. The molecule has 0 radical (unpaired) electrons. The predicted octanol–water partition coefficient (Wildman–Crippen LogP) is 21.8. The lowest BCUT2D eigenvalue weighted by molar-refractivity contribution is -0.0152. The Hall–Kier alpha value is -10.5. The number of Topliss-reactive ketones (excluding diaryl/α,β-unsaturated/α-hetero) is 2. The molecule has 8 aromatic rings. The van der Waals surface area contributed by atoms with E-state index in [0.717, 1.165) is 50.1 Å². The molecule has 5 N–H and O–H groups in total. The van der Waals surface area contributed by atoms with Crippen LogP contribution in [-0.4, -0.2) is 174 Å². The molecule has 2 amide bonds. The number of methoxy groups -OCH3 is 2. The maximum atomic E-state index is 11.7. The standard InChI is InChI=1S/C15H22O4.C15H22O3.C14H21NO2.C14H20O4.C14H20O2.C13H18O3.C12H17NO2.C12H16O3/c1-15(2,3)19-11-12-5-7-13(8-6-12)14(16)18-10-9-17-4;1-15(2,3)18-11-12-6-8-13(9-7-12)14(17)5-4-10-16;1-14(2,3)17-10-11-6-8-12(9-7-11)13(16)15(4)5;1-14(2,3)18-10-11-4-6-12(7-5-11)13(16)17-9-8-15;1-5-13(15)12-8-6-11(7-9-12)10-16-14(2,3)4;1-13(2,3)16-9-10-5-7-11(8-6-10)12(14)15-4;2*1-12(2,3)15-8-9-4-6-10(7-5-9)11(13)14/h5-8H,9-11H2,1-4H3;6-9,16H,4-5,10-11H2,1-3H3;6-9H,10H2,1-5H3;4-7,15H,8-10H2,1-3H3;6-9H,5,10H2,1-4H3;5-8H,9H2,1-4H3;4-7H,8H2,1-3H3,(H2,13,14);4-7H,8H2,1-3H3,(H,13,14). The van der Waals surface area contributed by atoms with Crippen molar-refractivity contribution in [2.75, 3.05) is 61.3 Å². The third kappa shape index (κ3) is 60.7. The van der Waals surface area contributed by atoms with E-state index in [1.807, 2.05) is 294 Å². The maximum absolute atomic E-state index is 11.7. The van der Waals surface area contributed by atoms with Gasteiger partial charge in [0.1, 0.15) is 13.2 Å². The molecule has 8 aromatic carbocycles. The number of esters is 3. The van der Waals surface area contributed by atoms with Gasteiger partial charge < -0.3 is 82.8 Å². The largest absolute Gasteiger partial charge is 0.478 e. The first-order valence-electron chi connectivity index (χ1n) is 44.9. The Morgan fingerprint density at radius 1 is 0.291 bits per heavy atom. The van der Waals surface area contributed by atoms with Crippen LogP contribution < -0.4 is 5.73 Å². The van der Waals surface area contributed by atoms with Crippen LogP contribution in [-0.2, 0) is 110 Å². The van der Waals surface area contributed by atoms with Gasteiger partial charge in [-0.25, -0.2) is 19.2 Å². The number of primary amides is 1. The van der Waals surface area contributed by atoms with Crippen LogP contribution in [0.15, 0.2) is 194 Å². The molecule has 740 valence electrons. The van der Waals surface area contributed by atoms with Gasteiger partial charge in [0.25, 0.3) is 5.91 Å². The van der Waals surface area contributed by atoms with Gasteiger partial charge in [0, 0.05) is 62.9 Å². The molecule has 0 saturated heterocycles. The number of carbonyl (C=O) groups is 8. The molecule has 0 saturated carbocycles. The average molecular weight is 1860 g/mol. The Labute approximate surface area is 798 Å². The van der Waals surface area contributed by atoms with E-state index < -0.39 is 17.8 Å². The molecule has 0 aliphatic carbocycles. The zero-order chi connectivity index (χ0) is 102. The van der Waals surface area contributed by atoms with E-state index in [0.29, 0.717) is 118 Å². The summed E-state index contributed by atoms with van der Waals surface area (Å²) in [6.07, 6.45) is 1.47. The number of ether oxygens (including phenoxy) is 12. The van der Waals surface area contributed by atoms with Crippen molar-refractivity contribution < 1.29 is 111 Å². The molecule has 0 aliphatic rings. The molecule has 0 aliphatic heterocycles. The number of nitrogens with two attached hydrogens (primary N) is 1. The number of aliphatic hydroxyl groups excluding tert-OH is 2. The fourth-order valence-electron chi connectivity index (χ4n) is 9.92. The van der Waals surface area contributed by atoms with Crippen molar-refractivity contribution >= 4 is 47.3 Å². The Bertz CT molecular complexity index is 4460. The van der Waals surface area contributed by atoms with Crippen molar-refractivity contribution in [1.82, 2.24) is 4.90 Å². The number of nitrogens with zero attached hydrogens (tertiary/aromatic N) is 1. The van der Waals surface area contributed by atoms with Gasteiger partial charge in [-0.1, -0.05) is 128 Å². The zero-order valence-corrected chi connectivity index (χ0v) is 85.3. The van der Waals surface area contributed by atoms with E-state index in [1.165, 1.54) is 7.11 Å². The number of hydrogen-bond donors (Lipinski definition) is 4. The summed E-state index contributed by atoms with van der Waals surface area (Å²) in [7, 11) is 6.44. The summed E-state index contributed by atoms with van der Waals surface area (Å²) in [6.45, 7) is 55.0. The van der Waals surface area contributed by atoms with E-state index in [1.54, 1.807) is 98.9 Å². The number of amides is 2. The molecule has 8 rings (SSSR count). The summed E-state index contributed by atoms with van der Waals surface area (Å²) >= 11 is 0. The minimum absolute atomic E-state index is 0.0215. The predicted molar refractivity (Wildman–Crippen MR) is 528 cm³/mol. The van der Waals surface area contributed by atoms with Crippen LogP contribution in [0.4, 0.5) is 0 Å². The molecule has 0 bridgehead atoms. The van der Waals surface area contributed by atoms with Gasteiger partial charge in [-0.15, -0.1) is 0 Å². The smallest absolute Gasteiger partial charge is 0.338 e. The van der Waals surface area contributed by atoms with E-state index in [-0.39, 0.29) is 101 Å². The van der Waals surface area contributed by atoms with Crippen molar-refractivity contribution in [3.8, 4) is 0 Å². The highest BCUT2D eigenvalue weighted by molar-refractivity contribution is 5.97. The molecular formula is C109H156N2O23. The van der Waals surface area contributed by atoms with Crippen LogP contribution in [0.25, 0.3) is 0 Å². The van der Waals surface area contributed by atoms with Crippen molar-refractivity contribution in [2.45, 2.75) is 290 Å². The van der Waals surface area contributed by atoms with Gasteiger partial charge in [-0.05, 0) is 290 Å². The lowest BCUT2D eigenvalue weighted by atomic mass is 10.0. The lowest BCUT2D eigenvalue weighted by Gasteiger charge is -2.19. The monoisotopic (exact) mass is 1860 g/mol. The number of carbonyl (C=O) groups excluding carboxylic acids is 7. The highest BCUT2D eigenvalue weighted by atomic mass is 16.6. The second kappa shape index (κ2) is 60.8. The van der Waals surface area contributed by atoms with E-state index in [4.69, 9.17) is 73.2 Å². The number of hydrogen-bond acceptors (Lipinski definition) is 22. The number of benzene rings is 8. The molecule has 25 heteroatoms. The van der Waals surface area contributed by atoms with E-state index in [2.05, 4.69) is 4.74 Å². The van der Waals surface area contributed by atoms with Crippen molar-refractivity contribution in [3.63, 3.8) is 0 Å². The van der Waals surface area contributed by atoms with Crippen LogP contribution in [0.3, 0.4) is 0 Å². The molecule has 25 nitrogen and oxygen atoms in total. The minimum Gasteiger partial charge on any atom is -0.478 e. The third-order valence-electron chi connectivity index (χ3n) is 17.5. The first kappa shape index (κ1) is 121. The summed E-state index contributed by atoms with van der Waals surface area (Å²) in [5.74, 6) is -2.10. The summed E-state index contributed by atoms with van der Waals surface area (Å²) in [5.41, 5.74) is 16.8. The number of aromatic carboxylic acids is 1. The van der Waals surface area contributed by atoms with Crippen molar-refractivity contribution in [3.05, 3.63) is 283 Å². The van der Waals surface area contributed by atoms with Crippen LogP contribution in [0.2, 0.25) is 0 Å². The van der Waals surface area contributed by atoms with Gasteiger partial charge in [0.2, 0.25) is 5.91 Å². The van der Waals surface area contributed by atoms with Crippen molar-refractivity contribution in [1.29, 1.82) is 0 Å². The van der Waals surface area contributed by atoms with Crippen LogP contribution in [0.5, 0.6) is 0 Å². The SMILES string of the molecule is CC(C)(C)OCc1ccc(C(=O)CCCO)cc1.CC(C)(C)OCc1ccc(C(=O)O)cc1.CC(C)(C)OCc1ccc(C(=O)OCCO)cc1.CC(C)(C)OCc1ccc(C(N)=O)cc1.CCC(=O)c1ccc(COC(C)(C)C)cc1.CN(C)C(=O)c1ccc(COC(C)(C)C)cc1.COC(=O)c1ccc(COC(C)(C)C)cc1.COCCOC(=O)c1ccc(COC(C)(C)C)cc1. The molecule has 0 atom stereocenters. The molecule has 0 spiro atoms. The first-order valence-corrected chi connectivity index (χ1v) is 44.9. The Morgan fingerprint density at radius 2 is 0.515 bits per heavy atom. The Balaban J connectivity index is 0.000000767. The lowest BCUT2D eigenvalue weighted by Crippen LogP contribution is -2.21. The Kier molecular flexibility index (Phi) is 55.1. The third-order valence-corrected chi connectivity index (χ3v) is 17.5. The van der Waals surface area contributed by atoms with Crippen LogP contribution >= 0.6 is 0 Å². The van der Waals surface area contributed by atoms with Gasteiger partial charge in [0.15, 0.2) is 11.6 Å². The molecule has 0 heterocycles. The fourth-order valence-corrected chi connectivity index (χ4v) is 9.92. The molecule has 0 fully saturated rings. The summed E-state index contributed by atoms with van der Waals surface area (Å²) in [6, 6.07) is 58.0. The maximum Gasteiger partial charge on any atom is 0.338 e. The molecule has 134 heavy (non-hydrogen) atoms. The molecule has 0 unspecified atom stereocenters. The molecule has 0 aromatic heterocycles. The average Bonchev–Trinajstić information content (AvgIpc) is 0.882. The summed E-state index contributed by atoms with van der Waals surface area (Å²) in [4.78, 5) is 92.1. The number of aliphatic hydroxyl groups is 2. The highest BCUT2D eigenvalue weighted by Gasteiger charge is 2.20. The highest BCUT2D eigenvalue weighted by Crippen LogP contribution is 2.22. The van der Waals surface area contributed by atoms with Crippen molar-refractivity contribution in [2.24, 2.45) is 5.73 Å². The van der Waals surface area contributed by atoms with E-state index >= 15 is 0 Å². The van der Waals surface area contributed by atoms with Crippen LogP contribution in [0.1, 0.15) is 320 Å². The first-order chi connectivity index (χ1) is 62.2. The zero-order valence-electron chi connectivity index (χ0n) is 85.3. The second-order valence-electron chi connectivity index (χ2n) is 39.2. The number of carboxylic acid groups (broad SMARTS) is 1. The van der Waals surface area contributed by atoms with Gasteiger partial charge in [-0.2, -0.15) is 0 Å². The fraction of sp³-hybridized carbons (Fsp3) is 0.486. The molecular weight excluding hydrogens is 1710 g/mol. The van der Waals surface area contributed by atoms with Gasteiger partial charge in [0.05, 0.1) is 140 Å². The number of ketones is 2. The van der Waals surface area contributed by atoms with Gasteiger partial charge >= 0.3 is 23.9 Å². The number of carboxylic acids is 1. The number of rotatable bonds is 33. The Morgan fingerprint density at radius 3 is 0.724 bits per heavy atom. The quantitative estimate of drug-likeness (QED) is 0.0128. The van der Waals surface area contributed by atoms with E-state index in [9.17, 15) is 38.4 Å².